The van der Waals surface area contributed by atoms with Gasteiger partial charge in [-0.1, -0.05) is 21.6 Å². The standard InChI is InChI=1S/C12H31NO17P4S2/c1-13-9-23-7-12(30-34(21,22)27-4-3-24-31(2,15)16)8-28-32(17,18)25-5-6-26-33(19,20)29-11-36-35-10-14/h12-14H,3-11H2,1-2H3,(H,15,16)(H,17,18)(H,19,20)(H,21,22). The molecule has 0 saturated carbocycles. The van der Waals surface area contributed by atoms with Crippen molar-refractivity contribution in [1.82, 2.24) is 5.32 Å². The van der Waals surface area contributed by atoms with E-state index in [2.05, 4.69) is 27.9 Å². The number of hydrogen-bond donors (Lipinski definition) is 6. The molecule has 0 amide bonds. The van der Waals surface area contributed by atoms with Crippen molar-refractivity contribution in [3.05, 3.63) is 0 Å². The smallest absolute Gasteiger partial charge is 0.385 e. The van der Waals surface area contributed by atoms with E-state index in [1.807, 2.05) is 0 Å². The Balaban J connectivity index is 4.60. The molecule has 36 heavy (non-hydrogen) atoms. The van der Waals surface area contributed by atoms with Crippen LogP contribution in [0.1, 0.15) is 0 Å². The van der Waals surface area contributed by atoms with Gasteiger partial charge in [-0.2, -0.15) is 0 Å². The predicted octanol–water partition coefficient (Wildman–Crippen LogP) is 1.07. The molecule has 24 heteroatoms. The van der Waals surface area contributed by atoms with E-state index < -0.39 is 76.8 Å². The molecule has 6 N–H and O–H groups in total. The summed E-state index contributed by atoms with van der Waals surface area (Å²) in [5, 5.41) is 11.2. The average Bonchev–Trinajstić information content (AvgIpc) is 2.75. The van der Waals surface area contributed by atoms with Crippen molar-refractivity contribution < 1.29 is 79.3 Å². The molecule has 0 aromatic carbocycles. The topological polar surface area (TPSA) is 255 Å². The highest BCUT2D eigenvalue weighted by Crippen LogP contribution is 2.48. The number of phosphoric acid groups is 3. The van der Waals surface area contributed by atoms with Crippen LogP contribution in [-0.2, 0) is 54.7 Å². The number of ether oxygens (including phenoxy) is 1. The lowest BCUT2D eigenvalue weighted by molar-refractivity contribution is -0.00816. The first-order chi connectivity index (χ1) is 16.6. The van der Waals surface area contributed by atoms with Crippen LogP contribution in [0.15, 0.2) is 0 Å². The van der Waals surface area contributed by atoms with Crippen molar-refractivity contribution >= 4 is 52.7 Å². The van der Waals surface area contributed by atoms with Gasteiger partial charge in [0, 0.05) is 6.66 Å². The highest BCUT2D eigenvalue weighted by atomic mass is 33.1. The van der Waals surface area contributed by atoms with Gasteiger partial charge in [-0.15, -0.1) is 0 Å². The molecule has 18 nitrogen and oxygen atoms in total. The van der Waals surface area contributed by atoms with Gasteiger partial charge in [0.2, 0.25) is 0 Å². The third-order valence-electron chi connectivity index (χ3n) is 2.92. The van der Waals surface area contributed by atoms with Gasteiger partial charge in [0.25, 0.3) is 0 Å². The number of hydrogen-bond acceptors (Lipinski definition) is 16. The van der Waals surface area contributed by atoms with Crippen LogP contribution in [0.2, 0.25) is 0 Å². The molecule has 0 radical (unpaired) electrons. The Morgan fingerprint density at radius 1 is 0.750 bits per heavy atom. The van der Waals surface area contributed by atoms with Gasteiger partial charge in [0.15, 0.2) is 0 Å². The summed E-state index contributed by atoms with van der Waals surface area (Å²) in [7, 11) is -14.4. The summed E-state index contributed by atoms with van der Waals surface area (Å²) in [6.45, 7) is -2.68. The first kappa shape index (κ1) is 37.1. The second-order valence-corrected chi connectivity index (χ2v) is 14.6. The fraction of sp³-hybridized carbons (Fsp3) is 1.00. The minimum Gasteiger partial charge on any atom is -0.385 e. The van der Waals surface area contributed by atoms with E-state index in [1.54, 1.807) is 7.05 Å². The zero-order valence-electron chi connectivity index (χ0n) is 19.2. The zero-order chi connectivity index (χ0) is 27.7. The first-order valence-electron chi connectivity index (χ1n) is 9.53. The lowest BCUT2D eigenvalue weighted by Gasteiger charge is -2.22. The van der Waals surface area contributed by atoms with Crippen molar-refractivity contribution in [3.8, 4) is 0 Å². The first-order valence-corrected chi connectivity index (χ1v) is 18.5. The van der Waals surface area contributed by atoms with Crippen molar-refractivity contribution in [2.45, 2.75) is 6.10 Å². The summed E-state index contributed by atoms with van der Waals surface area (Å²) >= 11 is 0. The molecule has 0 rings (SSSR count). The summed E-state index contributed by atoms with van der Waals surface area (Å²) in [4.78, 5) is 37.9. The number of phosphoric ester groups is 3. The van der Waals surface area contributed by atoms with Crippen molar-refractivity contribution in [2.24, 2.45) is 0 Å². The van der Waals surface area contributed by atoms with Gasteiger partial charge in [-0.25, -0.2) is 13.7 Å². The Labute approximate surface area is 215 Å². The monoisotopic (exact) mass is 649 g/mol. The fourth-order valence-electron chi connectivity index (χ4n) is 1.70. The van der Waals surface area contributed by atoms with Crippen LogP contribution in [0, 0.1) is 0 Å². The minimum absolute atomic E-state index is 0.0162. The number of aliphatic hydroxyl groups excluding tert-OH is 1. The Hall–Kier alpha value is 1.06. The second-order valence-electron chi connectivity index (χ2n) is 6.05. The van der Waals surface area contributed by atoms with Gasteiger partial charge in [-0.3, -0.25) is 37.0 Å². The van der Waals surface area contributed by atoms with Crippen LogP contribution < -0.4 is 5.32 Å². The van der Waals surface area contributed by atoms with E-state index in [1.165, 1.54) is 0 Å². The van der Waals surface area contributed by atoms with E-state index in [-0.39, 0.29) is 18.6 Å². The molecule has 0 fully saturated rings. The molecular formula is C12H31NO17P4S2. The summed E-state index contributed by atoms with van der Waals surface area (Å²) in [5.74, 6) is -0.506. The van der Waals surface area contributed by atoms with Crippen LogP contribution in [0.4, 0.5) is 0 Å². The maximum atomic E-state index is 12.1. The van der Waals surface area contributed by atoms with Crippen LogP contribution in [0.25, 0.3) is 0 Å². The fourth-order valence-corrected chi connectivity index (χ4v) is 5.75. The van der Waals surface area contributed by atoms with E-state index >= 15 is 0 Å². The summed E-state index contributed by atoms with van der Waals surface area (Å²) < 4.78 is 84.1. The molecule has 0 aromatic rings. The third-order valence-corrected chi connectivity index (χ3v) is 8.37. The molecule has 0 aromatic heterocycles. The number of nitrogens with one attached hydrogen (secondary N) is 1. The van der Waals surface area contributed by atoms with Crippen LogP contribution in [-0.4, -0.2) is 103 Å². The SMILES string of the molecule is CNCOCC(COP(=O)(O)OCCOP(=O)(O)OCSSCO)OP(=O)(O)OCCOP(C)(=O)O. The van der Waals surface area contributed by atoms with Gasteiger partial charge < -0.3 is 33.9 Å². The maximum absolute atomic E-state index is 12.1. The Bertz CT molecular complexity index is 787. The summed E-state index contributed by atoms with van der Waals surface area (Å²) in [6.07, 6.45) is -1.41. The average molecular weight is 649 g/mol. The van der Waals surface area contributed by atoms with Crippen LogP contribution in [0.3, 0.4) is 0 Å². The van der Waals surface area contributed by atoms with E-state index in [4.69, 9.17) is 23.8 Å². The van der Waals surface area contributed by atoms with Gasteiger partial charge in [0.1, 0.15) is 12.0 Å². The van der Waals surface area contributed by atoms with E-state index in [0.717, 1.165) is 28.3 Å². The van der Waals surface area contributed by atoms with Crippen LogP contribution in [0.5, 0.6) is 0 Å². The van der Waals surface area contributed by atoms with Gasteiger partial charge >= 0.3 is 31.1 Å². The van der Waals surface area contributed by atoms with Crippen LogP contribution >= 0.6 is 52.7 Å². The molecule has 0 saturated heterocycles. The van der Waals surface area contributed by atoms with Crippen molar-refractivity contribution in [3.63, 3.8) is 0 Å². The number of rotatable bonds is 24. The van der Waals surface area contributed by atoms with Gasteiger partial charge in [0.05, 0.1) is 52.3 Å². The van der Waals surface area contributed by atoms with Crippen molar-refractivity contribution in [1.29, 1.82) is 0 Å². The Morgan fingerprint density at radius 3 is 1.81 bits per heavy atom. The highest BCUT2D eigenvalue weighted by Gasteiger charge is 2.31. The molecule has 0 heterocycles. The third kappa shape index (κ3) is 23.0. The Kier molecular flexibility index (Phi) is 19.8. The quantitative estimate of drug-likeness (QED) is 0.0370. The second kappa shape index (κ2) is 19.2. The molecule has 0 aliphatic heterocycles. The Morgan fingerprint density at radius 2 is 1.28 bits per heavy atom. The molecule has 0 spiro atoms. The molecular weight excluding hydrogens is 618 g/mol. The molecule has 0 aliphatic carbocycles. The molecule has 218 valence electrons. The molecule has 5 atom stereocenters. The largest absolute Gasteiger partial charge is 0.473 e. The maximum Gasteiger partial charge on any atom is 0.473 e. The normalized spacial score (nSPS) is 19.6. The molecule has 0 bridgehead atoms. The summed E-state index contributed by atoms with van der Waals surface area (Å²) in [5.41, 5.74) is 0. The molecule has 5 unspecified atom stereocenters. The van der Waals surface area contributed by atoms with E-state index in [0.29, 0.717) is 0 Å². The highest BCUT2D eigenvalue weighted by molar-refractivity contribution is 8.76. The predicted molar refractivity (Wildman–Crippen MR) is 128 cm³/mol. The van der Waals surface area contributed by atoms with E-state index in [9.17, 15) is 32.9 Å². The zero-order valence-corrected chi connectivity index (χ0v) is 24.4. The molecule has 0 aliphatic rings. The number of aliphatic hydroxyl groups is 1. The van der Waals surface area contributed by atoms with Crippen molar-refractivity contribution in [2.75, 3.05) is 72.0 Å². The summed E-state index contributed by atoms with van der Waals surface area (Å²) in [6, 6.07) is 0. The lowest BCUT2D eigenvalue weighted by atomic mass is 10.4. The van der Waals surface area contributed by atoms with Gasteiger partial charge in [-0.05, 0) is 7.05 Å². The lowest BCUT2D eigenvalue weighted by Crippen LogP contribution is -2.27. The minimum atomic E-state index is -4.78.